The maximum atomic E-state index is 12.1. The van der Waals surface area contributed by atoms with Crippen LogP contribution >= 0.6 is 11.6 Å². The number of hydrogen-bond donors (Lipinski definition) is 1. The van der Waals surface area contributed by atoms with Crippen molar-refractivity contribution in [2.24, 2.45) is 0 Å². The number of aryl methyl sites for hydroxylation is 2. The third kappa shape index (κ3) is 5.61. The zero-order valence-corrected chi connectivity index (χ0v) is 15.6. The third-order valence-electron chi connectivity index (χ3n) is 3.99. The lowest BCUT2D eigenvalue weighted by Gasteiger charge is -2.23. The van der Waals surface area contributed by atoms with Gasteiger partial charge in [-0.15, -0.1) is 0 Å². The Kier molecular flexibility index (Phi) is 6.59. The highest BCUT2D eigenvalue weighted by atomic mass is 35.5. The van der Waals surface area contributed by atoms with E-state index >= 15 is 0 Å². The normalized spacial score (nSPS) is 10.4. The Balaban J connectivity index is 1.93. The average Bonchev–Trinajstić information content (AvgIpc) is 2.56. The molecule has 0 saturated carbocycles. The van der Waals surface area contributed by atoms with Crippen LogP contribution in [0, 0.1) is 13.8 Å². The molecule has 1 N–H and O–H groups in total. The molecule has 0 heterocycles. The van der Waals surface area contributed by atoms with Crippen LogP contribution in [0.3, 0.4) is 0 Å². The number of nitrogens with one attached hydrogen (secondary N) is 1. The van der Waals surface area contributed by atoms with Gasteiger partial charge in [-0.05, 0) is 43.2 Å². The van der Waals surface area contributed by atoms with Crippen LogP contribution in [0.4, 0.5) is 5.69 Å². The summed E-state index contributed by atoms with van der Waals surface area (Å²) in [6.07, 6.45) is 0.250. The molecular weight excluding hydrogens is 336 g/mol. The smallest absolute Gasteiger partial charge is 0.223 e. The van der Waals surface area contributed by atoms with Gasteiger partial charge in [0.15, 0.2) is 0 Å². The van der Waals surface area contributed by atoms with Gasteiger partial charge in [0.25, 0.3) is 0 Å². The Morgan fingerprint density at radius 3 is 2.36 bits per heavy atom. The van der Waals surface area contributed by atoms with Gasteiger partial charge in [-0.3, -0.25) is 9.59 Å². The largest absolute Gasteiger partial charge is 0.352 e. The zero-order valence-electron chi connectivity index (χ0n) is 14.8. The van der Waals surface area contributed by atoms with E-state index in [2.05, 4.69) is 5.32 Å². The highest BCUT2D eigenvalue weighted by Gasteiger charge is 2.15. The zero-order chi connectivity index (χ0) is 18.4. The molecule has 0 atom stereocenters. The van der Waals surface area contributed by atoms with Crippen molar-refractivity contribution in [3.8, 4) is 0 Å². The summed E-state index contributed by atoms with van der Waals surface area (Å²) in [5.41, 5.74) is 4.00. The number of halogens is 1. The molecule has 0 unspecified atom stereocenters. The van der Waals surface area contributed by atoms with Crippen molar-refractivity contribution in [1.29, 1.82) is 0 Å². The fourth-order valence-electron chi connectivity index (χ4n) is 2.66. The second-order valence-corrected chi connectivity index (χ2v) is 6.55. The maximum Gasteiger partial charge on any atom is 0.223 e. The summed E-state index contributed by atoms with van der Waals surface area (Å²) in [4.78, 5) is 25.7. The molecule has 2 rings (SSSR count). The van der Waals surface area contributed by atoms with Gasteiger partial charge < -0.3 is 10.2 Å². The predicted octanol–water partition coefficient (Wildman–Crippen LogP) is 4.02. The number of nitrogens with zero attached hydrogens (tertiary/aromatic N) is 1. The molecule has 2 aromatic carbocycles. The summed E-state index contributed by atoms with van der Waals surface area (Å²) in [6.45, 7) is 6.30. The van der Waals surface area contributed by atoms with Crippen molar-refractivity contribution in [1.82, 2.24) is 5.32 Å². The monoisotopic (exact) mass is 358 g/mol. The molecule has 0 bridgehead atoms. The first-order valence-electron chi connectivity index (χ1n) is 8.23. The van der Waals surface area contributed by atoms with Crippen molar-refractivity contribution in [3.63, 3.8) is 0 Å². The van der Waals surface area contributed by atoms with E-state index in [1.165, 1.54) is 6.92 Å². The van der Waals surface area contributed by atoms with Gasteiger partial charge in [-0.2, -0.15) is 0 Å². The molecule has 2 amide bonds. The van der Waals surface area contributed by atoms with Crippen molar-refractivity contribution in [3.05, 3.63) is 64.2 Å². The molecule has 132 valence electrons. The number of anilines is 1. The fraction of sp³-hybridized carbons (Fsp3) is 0.300. The number of hydrogen-bond acceptors (Lipinski definition) is 2. The summed E-state index contributed by atoms with van der Waals surface area (Å²) in [7, 11) is 0. The number of rotatable bonds is 6. The lowest BCUT2D eigenvalue weighted by atomic mass is 10.1. The molecule has 2 aromatic rings. The van der Waals surface area contributed by atoms with E-state index in [4.69, 9.17) is 11.6 Å². The molecule has 0 aliphatic rings. The van der Waals surface area contributed by atoms with Gasteiger partial charge in [0.2, 0.25) is 11.8 Å². The highest BCUT2D eigenvalue weighted by molar-refractivity contribution is 6.30. The predicted molar refractivity (Wildman–Crippen MR) is 102 cm³/mol. The van der Waals surface area contributed by atoms with E-state index in [9.17, 15) is 9.59 Å². The first kappa shape index (κ1) is 19.0. The number of benzene rings is 2. The summed E-state index contributed by atoms with van der Waals surface area (Å²) in [5.74, 6) is -0.164. The Bertz CT molecular complexity index is 757. The first-order chi connectivity index (χ1) is 11.9. The summed E-state index contributed by atoms with van der Waals surface area (Å²) in [6, 6.07) is 13.3. The van der Waals surface area contributed by atoms with Crippen LogP contribution in [-0.2, 0) is 16.1 Å². The van der Waals surface area contributed by atoms with Crippen LogP contribution in [0.5, 0.6) is 0 Å². The van der Waals surface area contributed by atoms with Crippen LogP contribution in [0.1, 0.15) is 30.0 Å². The van der Waals surface area contributed by atoms with Crippen molar-refractivity contribution in [2.75, 3.05) is 11.4 Å². The molecule has 0 saturated heterocycles. The Morgan fingerprint density at radius 2 is 1.76 bits per heavy atom. The fourth-order valence-corrected chi connectivity index (χ4v) is 2.79. The van der Waals surface area contributed by atoms with E-state index in [-0.39, 0.29) is 18.2 Å². The van der Waals surface area contributed by atoms with Crippen LogP contribution in [0.15, 0.2) is 42.5 Å². The quantitative estimate of drug-likeness (QED) is 0.848. The summed E-state index contributed by atoms with van der Waals surface area (Å²) < 4.78 is 0. The second kappa shape index (κ2) is 8.67. The minimum absolute atomic E-state index is 0.0718. The highest BCUT2D eigenvalue weighted by Crippen LogP contribution is 2.21. The Labute approximate surface area is 153 Å². The van der Waals surface area contributed by atoms with Crippen LogP contribution < -0.4 is 10.2 Å². The summed E-state index contributed by atoms with van der Waals surface area (Å²) in [5, 5.41) is 3.54. The van der Waals surface area contributed by atoms with Gasteiger partial charge in [-0.1, -0.05) is 41.4 Å². The Hall–Kier alpha value is -2.33. The molecule has 0 spiro atoms. The van der Waals surface area contributed by atoms with Gasteiger partial charge in [0.05, 0.1) is 0 Å². The van der Waals surface area contributed by atoms with E-state index in [0.717, 1.165) is 22.4 Å². The first-order valence-corrected chi connectivity index (χ1v) is 8.61. The molecule has 0 aliphatic carbocycles. The lowest BCUT2D eigenvalue weighted by Crippen LogP contribution is -2.34. The SMILES string of the molecule is CC(=O)N(CCC(=O)NCc1ccc(Cl)cc1)c1ccc(C)cc1C. The third-order valence-corrected chi connectivity index (χ3v) is 4.24. The van der Waals surface area contributed by atoms with Gasteiger partial charge in [-0.25, -0.2) is 0 Å². The second-order valence-electron chi connectivity index (χ2n) is 6.11. The molecule has 5 heteroatoms. The molecule has 0 fully saturated rings. The maximum absolute atomic E-state index is 12.1. The van der Waals surface area contributed by atoms with Crippen LogP contribution in [0.2, 0.25) is 5.02 Å². The molecule has 0 aromatic heterocycles. The number of carbonyl (C=O) groups is 2. The van der Waals surface area contributed by atoms with Gasteiger partial charge in [0.1, 0.15) is 0 Å². The van der Waals surface area contributed by atoms with E-state index in [1.54, 1.807) is 17.0 Å². The van der Waals surface area contributed by atoms with Crippen molar-refractivity contribution in [2.45, 2.75) is 33.7 Å². The summed E-state index contributed by atoms with van der Waals surface area (Å²) >= 11 is 5.84. The van der Waals surface area contributed by atoms with Crippen molar-refractivity contribution < 1.29 is 9.59 Å². The number of amides is 2. The minimum Gasteiger partial charge on any atom is -0.352 e. The van der Waals surface area contributed by atoms with E-state index < -0.39 is 0 Å². The minimum atomic E-state index is -0.0917. The molecule has 0 radical (unpaired) electrons. The van der Waals surface area contributed by atoms with Crippen LogP contribution in [0.25, 0.3) is 0 Å². The molecular formula is C20H23ClN2O2. The van der Waals surface area contributed by atoms with Gasteiger partial charge >= 0.3 is 0 Å². The topological polar surface area (TPSA) is 49.4 Å². The molecule has 0 aliphatic heterocycles. The van der Waals surface area contributed by atoms with Gasteiger partial charge in [0, 0.05) is 37.1 Å². The van der Waals surface area contributed by atoms with Crippen LogP contribution in [-0.4, -0.2) is 18.4 Å². The van der Waals surface area contributed by atoms with Crippen molar-refractivity contribution >= 4 is 29.1 Å². The standard InChI is InChI=1S/C20H23ClN2O2/c1-14-4-9-19(15(2)12-14)23(16(3)24)11-10-20(25)22-13-17-5-7-18(21)8-6-17/h4-9,12H,10-11,13H2,1-3H3,(H,22,25). The molecule has 4 nitrogen and oxygen atoms in total. The Morgan fingerprint density at radius 1 is 1.08 bits per heavy atom. The molecule has 25 heavy (non-hydrogen) atoms. The van der Waals surface area contributed by atoms with E-state index in [0.29, 0.717) is 18.1 Å². The lowest BCUT2D eigenvalue weighted by molar-refractivity contribution is -0.121. The van der Waals surface area contributed by atoms with E-state index in [1.807, 2.05) is 44.2 Å². The average molecular weight is 359 g/mol. The number of carbonyl (C=O) groups excluding carboxylic acids is 2.